The van der Waals surface area contributed by atoms with Crippen LogP contribution < -0.4 is 0 Å². The molecule has 25 heavy (non-hydrogen) atoms. The molecule has 2 atom stereocenters. The predicted octanol–water partition coefficient (Wildman–Crippen LogP) is 4.62. The Morgan fingerprint density at radius 1 is 1.32 bits per heavy atom. The summed E-state index contributed by atoms with van der Waals surface area (Å²) in [6.07, 6.45) is 5.66. The zero-order valence-electron chi connectivity index (χ0n) is 15.3. The molecule has 2 amide bonds. The van der Waals surface area contributed by atoms with Gasteiger partial charge < -0.3 is 4.74 Å². The lowest BCUT2D eigenvalue weighted by Gasteiger charge is -2.19. The predicted molar refractivity (Wildman–Crippen MR) is 103 cm³/mol. The Morgan fingerprint density at radius 2 is 2.00 bits per heavy atom. The van der Waals surface area contributed by atoms with Crippen molar-refractivity contribution in [1.82, 2.24) is 4.90 Å². The highest BCUT2D eigenvalue weighted by Crippen LogP contribution is 2.28. The molecule has 0 aromatic heterocycles. The third-order valence-corrected chi connectivity index (χ3v) is 5.61. The zero-order valence-corrected chi connectivity index (χ0v) is 16.3. The lowest BCUT2D eigenvalue weighted by atomic mass is 10.0. The van der Waals surface area contributed by atoms with Crippen LogP contribution in [0.2, 0.25) is 25.7 Å². The van der Waals surface area contributed by atoms with E-state index in [0.717, 1.165) is 11.6 Å². The number of ether oxygens (including phenoxy) is 1. The molecular weight excluding hydrogens is 330 g/mol. The van der Waals surface area contributed by atoms with E-state index in [4.69, 9.17) is 4.74 Å². The number of allylic oxidation sites excluding steroid dienone is 1. The van der Waals surface area contributed by atoms with Gasteiger partial charge in [0.05, 0.1) is 12.0 Å². The molecule has 1 aromatic rings. The molecule has 0 N–H and O–H groups in total. The van der Waals surface area contributed by atoms with E-state index in [-0.39, 0.29) is 24.5 Å². The largest absolute Gasteiger partial charge is 0.444 e. The summed E-state index contributed by atoms with van der Waals surface area (Å²) in [6, 6.07) is 10.1. The highest BCUT2D eigenvalue weighted by molar-refractivity contribution is 6.76. The number of imide groups is 1. The van der Waals surface area contributed by atoms with Crippen molar-refractivity contribution in [2.45, 2.75) is 44.8 Å². The Morgan fingerprint density at radius 3 is 2.60 bits per heavy atom. The van der Waals surface area contributed by atoms with E-state index in [1.165, 1.54) is 4.90 Å². The Balaban J connectivity index is 1.99. The van der Waals surface area contributed by atoms with Crippen molar-refractivity contribution in [3.05, 3.63) is 60.7 Å². The van der Waals surface area contributed by atoms with Gasteiger partial charge in [-0.3, -0.25) is 4.79 Å². The van der Waals surface area contributed by atoms with Crippen LogP contribution in [0, 0.1) is 5.92 Å². The summed E-state index contributed by atoms with van der Waals surface area (Å²) in [5.74, 6) is -0.474. The average molecular weight is 358 g/mol. The molecule has 0 aliphatic carbocycles. The third-order valence-electron chi connectivity index (χ3n) is 4.15. The number of nitrogens with zero attached hydrogens (tertiary/aromatic N) is 1. The summed E-state index contributed by atoms with van der Waals surface area (Å²) >= 11 is 0. The van der Waals surface area contributed by atoms with Crippen LogP contribution >= 0.6 is 0 Å². The molecule has 1 saturated heterocycles. The third kappa shape index (κ3) is 5.43. The minimum atomic E-state index is -1.19. The number of amides is 2. The molecule has 5 heteroatoms. The molecule has 1 aromatic carbocycles. The van der Waals surface area contributed by atoms with Gasteiger partial charge in [0.25, 0.3) is 0 Å². The Bertz CT molecular complexity index is 649. The van der Waals surface area contributed by atoms with E-state index < -0.39 is 14.2 Å². The maximum absolute atomic E-state index is 12.6. The van der Waals surface area contributed by atoms with Crippen molar-refractivity contribution in [2.75, 3.05) is 0 Å². The first-order valence-corrected chi connectivity index (χ1v) is 12.4. The summed E-state index contributed by atoms with van der Waals surface area (Å²) in [5.41, 5.74) is 0.893. The van der Waals surface area contributed by atoms with Gasteiger partial charge in [-0.1, -0.05) is 68.2 Å². The molecule has 4 nitrogen and oxygen atoms in total. The van der Waals surface area contributed by atoms with Gasteiger partial charge in [0.15, 0.2) is 0 Å². The van der Waals surface area contributed by atoms with Crippen LogP contribution in [0.4, 0.5) is 4.79 Å². The molecule has 0 unspecified atom stereocenters. The van der Waals surface area contributed by atoms with Crippen molar-refractivity contribution in [2.24, 2.45) is 5.92 Å². The highest BCUT2D eigenvalue weighted by Gasteiger charge is 2.41. The summed E-state index contributed by atoms with van der Waals surface area (Å²) in [5, 5.41) is 0. The second kappa shape index (κ2) is 8.29. The SMILES string of the molecule is C=C[C@H]1C[C@@H](/C=C/C[Si](C)(C)C)C(=O)N1C(=O)OCc1ccccc1. The highest BCUT2D eigenvalue weighted by atomic mass is 28.3. The van der Waals surface area contributed by atoms with Crippen LogP contribution in [-0.4, -0.2) is 31.0 Å². The Kier molecular flexibility index (Phi) is 6.37. The Labute approximate surface area is 151 Å². The van der Waals surface area contributed by atoms with Crippen LogP contribution in [0.1, 0.15) is 12.0 Å². The van der Waals surface area contributed by atoms with Crippen LogP contribution in [0.3, 0.4) is 0 Å². The molecule has 1 aliphatic rings. The van der Waals surface area contributed by atoms with Crippen LogP contribution in [0.15, 0.2) is 55.1 Å². The number of rotatable bonds is 6. The number of carbonyl (C=O) groups excluding carboxylic acids is 2. The summed E-state index contributed by atoms with van der Waals surface area (Å²) in [7, 11) is -1.19. The molecule has 0 saturated carbocycles. The quantitative estimate of drug-likeness (QED) is 0.551. The number of benzene rings is 1. The molecule has 0 bridgehead atoms. The molecular formula is C20H27NO3Si. The van der Waals surface area contributed by atoms with Crippen molar-refractivity contribution < 1.29 is 14.3 Å². The minimum absolute atomic E-state index is 0.156. The summed E-state index contributed by atoms with van der Waals surface area (Å²) in [4.78, 5) is 26.2. The van der Waals surface area contributed by atoms with E-state index in [9.17, 15) is 9.59 Å². The van der Waals surface area contributed by atoms with Gasteiger partial charge in [-0.25, -0.2) is 9.69 Å². The molecule has 0 radical (unpaired) electrons. The van der Waals surface area contributed by atoms with Gasteiger partial charge in [0.2, 0.25) is 5.91 Å². The molecule has 1 heterocycles. The minimum Gasteiger partial charge on any atom is -0.444 e. The average Bonchev–Trinajstić information content (AvgIpc) is 2.88. The van der Waals surface area contributed by atoms with Gasteiger partial charge in [0.1, 0.15) is 6.61 Å². The van der Waals surface area contributed by atoms with Gasteiger partial charge in [-0.2, -0.15) is 0 Å². The van der Waals surface area contributed by atoms with Crippen molar-refractivity contribution in [3.8, 4) is 0 Å². The molecule has 2 rings (SSSR count). The maximum atomic E-state index is 12.6. The van der Waals surface area contributed by atoms with E-state index >= 15 is 0 Å². The van der Waals surface area contributed by atoms with Crippen LogP contribution in [-0.2, 0) is 16.1 Å². The van der Waals surface area contributed by atoms with Crippen LogP contribution in [0.25, 0.3) is 0 Å². The standard InChI is InChI=1S/C20H27NO3Si/c1-5-18-14-17(12-9-13-25(2,3)4)19(22)21(18)20(23)24-15-16-10-7-6-8-11-16/h5-12,17-18H,1,13-15H2,2-4H3/b12-9+/t17-,18+/m1/s1. The molecule has 1 fully saturated rings. The normalized spacial score (nSPS) is 20.9. The fourth-order valence-corrected chi connectivity index (χ4v) is 3.61. The second-order valence-electron chi connectivity index (χ2n) is 7.59. The lowest BCUT2D eigenvalue weighted by Crippen LogP contribution is -2.38. The number of likely N-dealkylation sites (tertiary alicyclic amines) is 1. The zero-order chi connectivity index (χ0) is 18.4. The van der Waals surface area contributed by atoms with Crippen molar-refractivity contribution in [3.63, 3.8) is 0 Å². The van der Waals surface area contributed by atoms with E-state index in [1.807, 2.05) is 36.4 Å². The van der Waals surface area contributed by atoms with Gasteiger partial charge in [-0.05, 0) is 18.0 Å². The van der Waals surface area contributed by atoms with Crippen LogP contribution in [0.5, 0.6) is 0 Å². The van der Waals surface area contributed by atoms with Gasteiger partial charge >= 0.3 is 6.09 Å². The smallest absolute Gasteiger partial charge is 0.417 e. The van der Waals surface area contributed by atoms with Crippen molar-refractivity contribution in [1.29, 1.82) is 0 Å². The second-order valence-corrected chi connectivity index (χ2v) is 13.1. The topological polar surface area (TPSA) is 46.6 Å². The first kappa shape index (κ1) is 19.2. The van der Waals surface area contributed by atoms with Crippen molar-refractivity contribution >= 4 is 20.1 Å². The molecule has 134 valence electrons. The molecule has 0 spiro atoms. The summed E-state index contributed by atoms with van der Waals surface area (Å²) < 4.78 is 5.32. The first-order chi connectivity index (χ1) is 11.8. The fraction of sp³-hybridized carbons (Fsp3) is 0.400. The van der Waals surface area contributed by atoms with Gasteiger partial charge in [-0.15, -0.1) is 6.58 Å². The number of hydrogen-bond acceptors (Lipinski definition) is 3. The maximum Gasteiger partial charge on any atom is 0.417 e. The Hall–Kier alpha value is -2.14. The van der Waals surface area contributed by atoms with Gasteiger partial charge in [0, 0.05) is 8.07 Å². The van der Waals surface area contributed by atoms with E-state index in [0.29, 0.717) is 6.42 Å². The van der Waals surface area contributed by atoms with E-state index in [1.54, 1.807) is 6.08 Å². The number of hydrogen-bond donors (Lipinski definition) is 0. The number of carbonyl (C=O) groups is 2. The monoisotopic (exact) mass is 357 g/mol. The molecule has 1 aliphatic heterocycles. The lowest BCUT2D eigenvalue weighted by molar-refractivity contribution is -0.129. The fourth-order valence-electron chi connectivity index (χ4n) is 2.77. The first-order valence-electron chi connectivity index (χ1n) is 8.65. The summed E-state index contributed by atoms with van der Waals surface area (Å²) in [6.45, 7) is 10.8. The van der Waals surface area contributed by atoms with E-state index in [2.05, 4.69) is 32.3 Å².